The zero-order chi connectivity index (χ0) is 50.4. The van der Waals surface area contributed by atoms with Crippen molar-refractivity contribution >= 4 is 52.2 Å². The van der Waals surface area contributed by atoms with Crippen molar-refractivity contribution in [2.75, 3.05) is 85.2 Å². The molecule has 1 aromatic carbocycles. The highest BCUT2D eigenvalue weighted by Gasteiger charge is 2.44. The van der Waals surface area contributed by atoms with Crippen LogP contribution in [0.2, 0.25) is 0 Å². The number of aromatic nitrogens is 3. The van der Waals surface area contributed by atoms with Crippen LogP contribution in [0.15, 0.2) is 49.1 Å². The van der Waals surface area contributed by atoms with Gasteiger partial charge in [0.1, 0.15) is 31.4 Å². The van der Waals surface area contributed by atoms with Gasteiger partial charge in [-0.2, -0.15) is 13.2 Å². The Kier molecular flexibility index (Phi) is 19.2. The Bertz CT molecular complexity index is 2280. The largest absolute Gasteiger partial charge is 0.416 e. The molecule has 5 N–H and O–H groups in total. The minimum absolute atomic E-state index is 0.0490. The van der Waals surface area contributed by atoms with Gasteiger partial charge in [0, 0.05) is 75.9 Å². The van der Waals surface area contributed by atoms with E-state index >= 15 is 0 Å². The summed E-state index contributed by atoms with van der Waals surface area (Å²) in [5.74, 6) is -2.17. The fourth-order valence-electron chi connectivity index (χ4n) is 9.14. The normalized spacial score (nSPS) is 21.7. The number of benzene rings is 1. The second-order valence-electron chi connectivity index (χ2n) is 17.9. The second-order valence-corrected chi connectivity index (χ2v) is 17.9. The van der Waals surface area contributed by atoms with E-state index in [4.69, 9.17) is 14.2 Å². The van der Waals surface area contributed by atoms with Crippen LogP contribution in [-0.2, 0) is 49.2 Å². The molecule has 3 aliphatic rings. The maximum atomic E-state index is 13.9. The zero-order valence-corrected chi connectivity index (χ0v) is 40.0. The van der Waals surface area contributed by atoms with Crippen molar-refractivity contribution in [2.24, 2.45) is 5.92 Å². The maximum Gasteiger partial charge on any atom is 0.416 e. The minimum Gasteiger partial charge on any atom is -0.377 e. The Morgan fingerprint density at radius 1 is 0.886 bits per heavy atom. The molecular weight excluding hydrogens is 920 g/mol. The van der Waals surface area contributed by atoms with E-state index in [1.54, 1.807) is 35.3 Å². The summed E-state index contributed by atoms with van der Waals surface area (Å²) >= 11 is 0. The lowest BCUT2D eigenvalue weighted by Gasteiger charge is -2.44. The zero-order valence-electron chi connectivity index (χ0n) is 40.0. The molecule has 70 heavy (non-hydrogen) atoms. The van der Waals surface area contributed by atoms with Crippen LogP contribution in [-0.4, -0.2) is 175 Å². The summed E-state index contributed by atoms with van der Waals surface area (Å²) in [6, 6.07) is 5.29. The summed E-state index contributed by atoms with van der Waals surface area (Å²) in [5.41, 5.74) is 0.229. The third kappa shape index (κ3) is 14.5. The lowest BCUT2D eigenvalue weighted by atomic mass is 9.84. The number of amides is 6. The van der Waals surface area contributed by atoms with Gasteiger partial charge in [-0.25, -0.2) is 9.97 Å². The van der Waals surface area contributed by atoms with Crippen LogP contribution >= 0.6 is 0 Å². The van der Waals surface area contributed by atoms with Crippen LogP contribution in [0.5, 0.6) is 0 Å². The summed E-state index contributed by atoms with van der Waals surface area (Å²) in [6.45, 7) is 5.09. The third-order valence-corrected chi connectivity index (χ3v) is 13.0. The highest BCUT2D eigenvalue weighted by atomic mass is 19.4. The Labute approximate surface area is 404 Å². The number of halogens is 3. The number of nitrogens with zero attached hydrogens (tertiary/aromatic N) is 6. The molecule has 6 atom stereocenters. The number of hydrogen-bond acceptors (Lipinski definition) is 14. The van der Waals surface area contributed by atoms with Crippen LogP contribution < -0.4 is 26.6 Å². The van der Waals surface area contributed by atoms with Gasteiger partial charge >= 0.3 is 6.18 Å². The summed E-state index contributed by atoms with van der Waals surface area (Å²) in [5, 5.41) is 14.5. The van der Waals surface area contributed by atoms with Crippen LogP contribution in [0.3, 0.4) is 0 Å². The predicted octanol–water partition coefficient (Wildman–Crippen LogP) is 1.81. The molecule has 23 heteroatoms. The smallest absolute Gasteiger partial charge is 0.377 e. The molecular formula is C47H64F3N11O9. The van der Waals surface area contributed by atoms with Crippen LogP contribution in [0.1, 0.15) is 69.5 Å². The van der Waals surface area contributed by atoms with Crippen molar-refractivity contribution in [1.82, 2.24) is 50.9 Å². The van der Waals surface area contributed by atoms with Crippen LogP contribution in [0.4, 0.5) is 19.0 Å². The first-order valence-electron chi connectivity index (χ1n) is 23.6. The fraction of sp³-hybridized carbons (Fsp3) is 0.596. The molecule has 2 aliphatic heterocycles. The number of likely N-dealkylation sites (tertiary alicyclic amines) is 2. The first kappa shape index (κ1) is 53.3. The van der Waals surface area contributed by atoms with Crippen LogP contribution in [0.25, 0.3) is 10.9 Å². The van der Waals surface area contributed by atoms with Crippen LogP contribution in [0, 0.1) is 5.92 Å². The van der Waals surface area contributed by atoms with Gasteiger partial charge in [-0.05, 0) is 76.4 Å². The summed E-state index contributed by atoms with van der Waals surface area (Å²) in [7, 11) is 3.69. The molecule has 0 unspecified atom stereocenters. The predicted molar refractivity (Wildman–Crippen MR) is 248 cm³/mol. The molecule has 6 rings (SSSR count). The molecule has 6 amide bonds. The fourth-order valence-corrected chi connectivity index (χ4v) is 9.14. The number of anilines is 1. The summed E-state index contributed by atoms with van der Waals surface area (Å²) < 4.78 is 57.0. The molecule has 382 valence electrons. The monoisotopic (exact) mass is 983 g/mol. The standard InChI is InChI=1S/C47H64F3N11O9/c1-29(2)59(3)32-8-10-38(61-17-12-36(46(61)67)58-44-33-22-31(47(48,49)50)7-9-35(33)55-28-56-44)37(23-32)57-41(64)27-69-19-16-53-40(63)26-70-21-20-68-18-15-52-39(62)11-14-54-45(66)34-24-42(65)60(4)43(34)30-6-5-13-51-25-30/h5-7,9,13,22,25,28-29,32,34,36-38,43H,8,10-12,14-21,23-24,26-27H2,1-4H3,(H,52,62)(H,53,63)(H,54,66)(H,57,64)(H,55,56,58)/t32-,34+,36+,37-,38+,43-/m1/s1. The second kappa shape index (κ2) is 25.2. The van der Waals surface area contributed by atoms with E-state index in [2.05, 4.69) is 60.3 Å². The molecule has 1 saturated carbocycles. The quantitative estimate of drug-likeness (QED) is 0.0806. The van der Waals surface area contributed by atoms with E-state index in [-0.39, 0.29) is 137 Å². The molecule has 2 aromatic heterocycles. The van der Waals surface area contributed by atoms with Crippen molar-refractivity contribution in [1.29, 1.82) is 0 Å². The SMILES string of the molecule is CC(C)N(C)[C@@H]1CC[C@H](N2CC[C@H](Nc3ncnc4ccc(C(F)(F)F)cc34)C2=O)[C@H](NC(=O)COCCNC(=O)COCCOCCNC(=O)CCNC(=O)[C@H]2CC(=O)N(C)[C@@H]2c2cccnc2)C1. The molecule has 0 radical (unpaired) electrons. The van der Waals surface area contributed by atoms with Gasteiger partial charge in [-0.1, -0.05) is 6.07 Å². The van der Waals surface area contributed by atoms with Gasteiger partial charge in [0.2, 0.25) is 35.4 Å². The highest BCUT2D eigenvalue weighted by Crippen LogP contribution is 2.37. The summed E-state index contributed by atoms with van der Waals surface area (Å²) in [4.78, 5) is 94.9. The van der Waals surface area contributed by atoms with E-state index < -0.39 is 35.8 Å². The lowest BCUT2D eigenvalue weighted by Crippen LogP contribution is -2.59. The Morgan fingerprint density at radius 2 is 1.61 bits per heavy atom. The Hall–Kier alpha value is -6.04. The number of pyridine rings is 1. The molecule has 4 heterocycles. The molecule has 0 spiro atoms. The summed E-state index contributed by atoms with van der Waals surface area (Å²) in [6.07, 6.45) is 2.45. The number of fused-ring (bicyclic) bond motifs is 1. The number of carbonyl (C=O) groups is 6. The molecule has 1 aliphatic carbocycles. The molecule has 3 aromatic rings. The third-order valence-electron chi connectivity index (χ3n) is 13.0. The van der Waals surface area contributed by atoms with E-state index in [0.29, 0.717) is 31.3 Å². The number of ether oxygens (including phenoxy) is 3. The number of carbonyl (C=O) groups excluding carboxylic acids is 6. The highest BCUT2D eigenvalue weighted by molar-refractivity contribution is 5.94. The van der Waals surface area contributed by atoms with Gasteiger partial charge in [-0.3, -0.25) is 33.8 Å². The topological polar surface area (TPSA) is 239 Å². The van der Waals surface area contributed by atoms with Gasteiger partial charge < -0.3 is 55.5 Å². The average molecular weight is 984 g/mol. The number of rotatable bonds is 24. The van der Waals surface area contributed by atoms with Gasteiger partial charge in [0.15, 0.2) is 0 Å². The minimum atomic E-state index is -4.56. The molecule has 3 fully saturated rings. The van der Waals surface area contributed by atoms with Crippen molar-refractivity contribution in [3.63, 3.8) is 0 Å². The van der Waals surface area contributed by atoms with Crippen molar-refractivity contribution < 1.29 is 56.1 Å². The van der Waals surface area contributed by atoms with Gasteiger partial charge in [0.05, 0.1) is 61.6 Å². The van der Waals surface area contributed by atoms with E-state index in [1.807, 2.05) is 13.1 Å². The maximum absolute atomic E-state index is 13.9. The van der Waals surface area contributed by atoms with E-state index in [9.17, 15) is 41.9 Å². The number of alkyl halides is 3. The van der Waals surface area contributed by atoms with E-state index in [1.165, 1.54) is 12.4 Å². The average Bonchev–Trinajstić information content (AvgIpc) is 3.85. The van der Waals surface area contributed by atoms with Crippen molar-refractivity contribution in [3.05, 3.63) is 60.2 Å². The lowest BCUT2D eigenvalue weighted by molar-refractivity contribution is -0.137. The Morgan fingerprint density at radius 3 is 2.36 bits per heavy atom. The molecule has 20 nitrogen and oxygen atoms in total. The van der Waals surface area contributed by atoms with Crippen molar-refractivity contribution in [3.8, 4) is 0 Å². The van der Waals surface area contributed by atoms with E-state index in [0.717, 1.165) is 24.1 Å². The number of nitrogens with one attached hydrogen (secondary N) is 5. The first-order valence-corrected chi connectivity index (χ1v) is 23.6. The Balaban J connectivity index is 0.832. The molecule has 0 bridgehead atoms. The van der Waals surface area contributed by atoms with Gasteiger partial charge in [-0.15, -0.1) is 0 Å². The van der Waals surface area contributed by atoms with Crippen molar-refractivity contribution in [2.45, 2.75) is 94.8 Å². The molecule has 2 saturated heterocycles. The number of hydrogen-bond donors (Lipinski definition) is 5. The first-order chi connectivity index (χ1) is 33.5. The van der Waals surface area contributed by atoms with Gasteiger partial charge in [0.25, 0.3) is 0 Å².